The lowest BCUT2D eigenvalue weighted by Gasteiger charge is -2.33. The molecule has 5 nitrogen and oxygen atoms in total. The zero-order valence-electron chi connectivity index (χ0n) is 11.8. The maximum Gasteiger partial charge on any atom is 0.152 e. The number of morpholine rings is 1. The third kappa shape index (κ3) is 3.43. The molecular formula is C15H17ClN4O. The minimum Gasteiger partial charge on any atom is -0.375 e. The molecule has 0 aliphatic carbocycles. The van der Waals surface area contributed by atoms with Crippen LogP contribution < -0.4 is 10.2 Å². The molecule has 0 saturated carbocycles. The van der Waals surface area contributed by atoms with Crippen molar-refractivity contribution in [2.45, 2.75) is 13.0 Å². The Hall–Kier alpha value is -1.85. The molecule has 1 fully saturated rings. The van der Waals surface area contributed by atoms with Gasteiger partial charge in [-0.25, -0.2) is 9.97 Å². The summed E-state index contributed by atoms with van der Waals surface area (Å²) in [4.78, 5) is 10.3. The second kappa shape index (κ2) is 6.28. The van der Waals surface area contributed by atoms with Gasteiger partial charge in [0.05, 0.1) is 18.9 Å². The van der Waals surface area contributed by atoms with Crippen molar-refractivity contribution in [3.05, 3.63) is 41.8 Å². The minimum absolute atomic E-state index is 0.274. The summed E-state index contributed by atoms with van der Waals surface area (Å²) in [6.07, 6.45) is 3.31. The summed E-state index contributed by atoms with van der Waals surface area (Å²) in [7, 11) is 0. The fourth-order valence-electron chi connectivity index (χ4n) is 2.35. The number of rotatable bonds is 3. The molecule has 3 rings (SSSR count). The van der Waals surface area contributed by atoms with Gasteiger partial charge in [0.1, 0.15) is 11.3 Å². The van der Waals surface area contributed by atoms with Gasteiger partial charge in [-0.2, -0.15) is 0 Å². The van der Waals surface area contributed by atoms with Crippen LogP contribution in [0.5, 0.6) is 0 Å². The van der Waals surface area contributed by atoms with Crippen molar-refractivity contribution in [1.29, 1.82) is 0 Å². The van der Waals surface area contributed by atoms with Gasteiger partial charge in [-0.15, -0.1) is 0 Å². The van der Waals surface area contributed by atoms with Gasteiger partial charge in [0, 0.05) is 24.5 Å². The van der Waals surface area contributed by atoms with Crippen molar-refractivity contribution in [1.82, 2.24) is 9.97 Å². The van der Waals surface area contributed by atoms with Crippen LogP contribution >= 0.6 is 11.6 Å². The standard InChI is InChI=1S/C15H17ClN4O/c1-11-9-20(6-7-21-11)13-4-2-12(3-5-13)19-15-14(16)8-17-10-18-15/h2-5,8,10-11H,6-7,9H2,1H3,(H,17,18,19). The van der Waals surface area contributed by atoms with Gasteiger partial charge >= 0.3 is 0 Å². The molecule has 1 aromatic heterocycles. The molecule has 21 heavy (non-hydrogen) atoms. The maximum atomic E-state index is 6.03. The molecule has 0 bridgehead atoms. The van der Waals surface area contributed by atoms with Crippen LogP contribution in [0.1, 0.15) is 6.92 Å². The lowest BCUT2D eigenvalue weighted by atomic mass is 10.2. The predicted molar refractivity (Wildman–Crippen MR) is 84.4 cm³/mol. The normalized spacial score (nSPS) is 18.6. The number of benzene rings is 1. The molecule has 110 valence electrons. The summed E-state index contributed by atoms with van der Waals surface area (Å²) >= 11 is 6.03. The Bertz CT molecular complexity index is 605. The largest absolute Gasteiger partial charge is 0.375 e. The highest BCUT2D eigenvalue weighted by molar-refractivity contribution is 6.32. The van der Waals surface area contributed by atoms with E-state index in [1.165, 1.54) is 12.0 Å². The molecule has 1 atom stereocenters. The quantitative estimate of drug-likeness (QED) is 0.944. The predicted octanol–water partition coefficient (Wildman–Crippen LogP) is 3.10. The Labute approximate surface area is 128 Å². The van der Waals surface area contributed by atoms with E-state index < -0.39 is 0 Å². The van der Waals surface area contributed by atoms with Crippen LogP contribution in [0.2, 0.25) is 5.02 Å². The molecule has 1 aromatic carbocycles. The highest BCUT2D eigenvalue weighted by atomic mass is 35.5. The average molecular weight is 305 g/mol. The van der Waals surface area contributed by atoms with Gasteiger partial charge in [0.25, 0.3) is 0 Å². The molecule has 0 amide bonds. The van der Waals surface area contributed by atoms with Gasteiger partial charge in [-0.1, -0.05) is 11.6 Å². The summed E-state index contributed by atoms with van der Waals surface area (Å²) in [5.74, 6) is 0.611. The van der Waals surface area contributed by atoms with Crippen molar-refractivity contribution in [3.8, 4) is 0 Å². The first-order valence-corrected chi connectivity index (χ1v) is 7.29. The van der Waals surface area contributed by atoms with Crippen molar-refractivity contribution in [2.75, 3.05) is 29.9 Å². The van der Waals surface area contributed by atoms with Crippen molar-refractivity contribution >= 4 is 28.8 Å². The Morgan fingerprint density at radius 3 is 2.86 bits per heavy atom. The summed E-state index contributed by atoms with van der Waals surface area (Å²) in [6, 6.07) is 8.23. The topological polar surface area (TPSA) is 50.3 Å². The van der Waals surface area contributed by atoms with E-state index in [0.29, 0.717) is 10.8 Å². The van der Waals surface area contributed by atoms with Gasteiger partial charge in [-0.3, -0.25) is 0 Å². The Kier molecular flexibility index (Phi) is 4.22. The van der Waals surface area contributed by atoms with E-state index in [0.717, 1.165) is 25.4 Å². The van der Waals surface area contributed by atoms with Crippen LogP contribution in [0.4, 0.5) is 17.2 Å². The number of hydrogen-bond acceptors (Lipinski definition) is 5. The SMILES string of the molecule is CC1CN(c2ccc(Nc3ncncc3Cl)cc2)CCO1. The molecule has 2 aromatic rings. The second-order valence-electron chi connectivity index (χ2n) is 5.02. The number of nitrogens with one attached hydrogen (secondary N) is 1. The van der Waals surface area contributed by atoms with Crippen LogP contribution in [0.15, 0.2) is 36.8 Å². The molecule has 0 spiro atoms. The van der Waals surface area contributed by atoms with E-state index in [1.807, 2.05) is 12.1 Å². The third-order valence-electron chi connectivity index (χ3n) is 3.40. The van der Waals surface area contributed by atoms with Crippen molar-refractivity contribution in [3.63, 3.8) is 0 Å². The number of aromatic nitrogens is 2. The number of hydrogen-bond donors (Lipinski definition) is 1. The monoisotopic (exact) mass is 304 g/mol. The summed E-state index contributed by atoms with van der Waals surface area (Å²) in [5, 5.41) is 3.69. The van der Waals surface area contributed by atoms with Gasteiger partial charge < -0.3 is 15.0 Å². The van der Waals surface area contributed by atoms with E-state index in [1.54, 1.807) is 6.20 Å². The highest BCUT2D eigenvalue weighted by Crippen LogP contribution is 2.24. The number of nitrogens with zero attached hydrogens (tertiary/aromatic N) is 3. The molecule has 1 N–H and O–H groups in total. The fraction of sp³-hybridized carbons (Fsp3) is 0.333. The zero-order valence-corrected chi connectivity index (χ0v) is 12.5. The fourth-order valence-corrected chi connectivity index (χ4v) is 2.50. The molecule has 0 radical (unpaired) electrons. The molecule has 6 heteroatoms. The zero-order chi connectivity index (χ0) is 14.7. The minimum atomic E-state index is 0.274. The van der Waals surface area contributed by atoms with Crippen LogP contribution in [0.3, 0.4) is 0 Å². The van der Waals surface area contributed by atoms with Crippen LogP contribution in [0, 0.1) is 0 Å². The molecule has 1 aliphatic rings. The highest BCUT2D eigenvalue weighted by Gasteiger charge is 2.16. The second-order valence-corrected chi connectivity index (χ2v) is 5.43. The van der Waals surface area contributed by atoms with Gasteiger partial charge in [0.15, 0.2) is 5.82 Å². The number of anilines is 3. The van der Waals surface area contributed by atoms with E-state index in [4.69, 9.17) is 16.3 Å². The van der Waals surface area contributed by atoms with E-state index >= 15 is 0 Å². The molecular weight excluding hydrogens is 288 g/mol. The lowest BCUT2D eigenvalue weighted by Crippen LogP contribution is -2.41. The summed E-state index contributed by atoms with van der Waals surface area (Å²) in [5.41, 5.74) is 2.14. The van der Waals surface area contributed by atoms with Gasteiger partial charge in [0.2, 0.25) is 0 Å². The van der Waals surface area contributed by atoms with E-state index in [-0.39, 0.29) is 6.10 Å². The Morgan fingerprint density at radius 2 is 2.14 bits per heavy atom. The first-order chi connectivity index (χ1) is 10.2. The number of halogens is 1. The summed E-state index contributed by atoms with van der Waals surface area (Å²) < 4.78 is 5.56. The molecule has 2 heterocycles. The average Bonchev–Trinajstić information content (AvgIpc) is 2.50. The molecule has 1 aliphatic heterocycles. The molecule has 1 unspecified atom stereocenters. The molecule has 1 saturated heterocycles. The lowest BCUT2D eigenvalue weighted by molar-refractivity contribution is 0.0532. The third-order valence-corrected chi connectivity index (χ3v) is 3.68. The number of ether oxygens (including phenoxy) is 1. The smallest absolute Gasteiger partial charge is 0.152 e. The van der Waals surface area contributed by atoms with Crippen molar-refractivity contribution in [2.24, 2.45) is 0 Å². The van der Waals surface area contributed by atoms with Gasteiger partial charge in [-0.05, 0) is 31.2 Å². The summed E-state index contributed by atoms with van der Waals surface area (Å²) in [6.45, 7) is 4.72. The first-order valence-electron chi connectivity index (χ1n) is 6.91. The van der Waals surface area contributed by atoms with Crippen LogP contribution in [-0.2, 0) is 4.74 Å². The maximum absolute atomic E-state index is 6.03. The van der Waals surface area contributed by atoms with Crippen LogP contribution in [0.25, 0.3) is 0 Å². The van der Waals surface area contributed by atoms with Crippen LogP contribution in [-0.4, -0.2) is 35.8 Å². The first kappa shape index (κ1) is 14.1. The van der Waals surface area contributed by atoms with E-state index in [9.17, 15) is 0 Å². The Balaban J connectivity index is 1.71. The Morgan fingerprint density at radius 1 is 1.33 bits per heavy atom. The van der Waals surface area contributed by atoms with E-state index in [2.05, 4.69) is 39.2 Å². The van der Waals surface area contributed by atoms with Crippen molar-refractivity contribution < 1.29 is 4.74 Å².